The van der Waals surface area contributed by atoms with Gasteiger partial charge in [-0.2, -0.15) is 5.10 Å². The summed E-state index contributed by atoms with van der Waals surface area (Å²) in [5.74, 6) is -0.0705. The lowest BCUT2D eigenvalue weighted by Gasteiger charge is -2.38. The lowest BCUT2D eigenvalue weighted by atomic mass is 9.87. The highest BCUT2D eigenvalue weighted by Gasteiger charge is 2.36. The third-order valence-corrected chi connectivity index (χ3v) is 8.03. The van der Waals surface area contributed by atoms with Gasteiger partial charge >= 0.3 is 0 Å². The molecule has 0 saturated carbocycles. The van der Waals surface area contributed by atoms with Gasteiger partial charge in [0.15, 0.2) is 0 Å². The van der Waals surface area contributed by atoms with E-state index in [1.165, 1.54) is 12.1 Å². The molecule has 1 aromatic carbocycles. The van der Waals surface area contributed by atoms with Crippen molar-refractivity contribution in [3.05, 3.63) is 95.1 Å². The molecule has 8 nitrogen and oxygen atoms in total. The van der Waals surface area contributed by atoms with Crippen molar-refractivity contribution in [2.45, 2.75) is 51.2 Å². The van der Waals surface area contributed by atoms with Crippen LogP contribution in [0.1, 0.15) is 60.9 Å². The van der Waals surface area contributed by atoms with Gasteiger partial charge in [-0.25, -0.2) is 14.4 Å². The standard InChI is InChI=1S/C31H34FN7O/c1-20(2)39-19-23(18-35-39)22-15-26-25(7-8-27(26)34-17-22)28-16-29(37-30(33)36-28)31(40)10-13-38(14-11-31)12-9-21-3-5-24(32)6-4-21/h3-7,15-20,40H,8-14H2,1-2H3,(H2,33,36,37). The number of hydrogen-bond acceptors (Lipinski definition) is 7. The van der Waals surface area contributed by atoms with Gasteiger partial charge in [0.05, 0.1) is 23.3 Å². The van der Waals surface area contributed by atoms with Gasteiger partial charge < -0.3 is 15.7 Å². The van der Waals surface area contributed by atoms with E-state index in [0.717, 1.165) is 59.6 Å². The first-order valence-corrected chi connectivity index (χ1v) is 13.9. The van der Waals surface area contributed by atoms with E-state index in [-0.39, 0.29) is 17.8 Å². The molecule has 6 rings (SSSR count). The fourth-order valence-electron chi connectivity index (χ4n) is 5.55. The molecule has 1 saturated heterocycles. The molecule has 0 unspecified atom stereocenters. The summed E-state index contributed by atoms with van der Waals surface area (Å²) in [4.78, 5) is 16.1. The van der Waals surface area contributed by atoms with Crippen LogP contribution in [-0.4, -0.2) is 54.4 Å². The van der Waals surface area contributed by atoms with Gasteiger partial charge in [-0.3, -0.25) is 9.67 Å². The summed E-state index contributed by atoms with van der Waals surface area (Å²) in [6, 6.07) is 10.9. The van der Waals surface area contributed by atoms with E-state index < -0.39 is 5.60 Å². The number of aliphatic hydroxyl groups is 1. The maximum Gasteiger partial charge on any atom is 0.220 e. The van der Waals surface area contributed by atoms with Gasteiger partial charge in [0, 0.05) is 66.8 Å². The van der Waals surface area contributed by atoms with Crippen LogP contribution in [0.2, 0.25) is 0 Å². The lowest BCUT2D eigenvalue weighted by Crippen LogP contribution is -2.43. The molecule has 2 aliphatic rings. The van der Waals surface area contributed by atoms with Gasteiger partial charge in [0.2, 0.25) is 5.95 Å². The second-order valence-electron chi connectivity index (χ2n) is 11.1. The molecule has 9 heteroatoms. The third kappa shape index (κ3) is 5.26. The van der Waals surface area contributed by atoms with Crippen molar-refractivity contribution in [2.24, 2.45) is 0 Å². The number of nitrogen functional groups attached to an aromatic ring is 1. The Balaban J connectivity index is 1.19. The molecular formula is C31H34FN7O. The Morgan fingerprint density at radius 3 is 2.55 bits per heavy atom. The summed E-state index contributed by atoms with van der Waals surface area (Å²) in [5.41, 5.74) is 12.4. The molecule has 1 aliphatic heterocycles. The first-order valence-electron chi connectivity index (χ1n) is 13.9. The minimum atomic E-state index is -1.08. The number of anilines is 1. The number of fused-ring (bicyclic) bond motifs is 1. The smallest absolute Gasteiger partial charge is 0.220 e. The molecule has 40 heavy (non-hydrogen) atoms. The van der Waals surface area contributed by atoms with Crippen LogP contribution in [0.4, 0.5) is 10.3 Å². The first kappa shape index (κ1) is 26.3. The molecule has 1 fully saturated rings. The zero-order valence-corrected chi connectivity index (χ0v) is 22.9. The van der Waals surface area contributed by atoms with Crippen molar-refractivity contribution in [1.29, 1.82) is 0 Å². The maximum absolute atomic E-state index is 13.2. The van der Waals surface area contributed by atoms with E-state index >= 15 is 0 Å². The Bertz CT molecular complexity index is 1550. The molecule has 0 spiro atoms. The largest absolute Gasteiger partial charge is 0.383 e. The van der Waals surface area contributed by atoms with E-state index in [1.54, 1.807) is 0 Å². The minimum Gasteiger partial charge on any atom is -0.383 e. The number of allylic oxidation sites excluding steroid dienone is 1. The minimum absolute atomic E-state index is 0.149. The van der Waals surface area contributed by atoms with E-state index in [0.29, 0.717) is 30.7 Å². The number of nitrogens with two attached hydrogens (primary N) is 1. The Morgan fingerprint density at radius 1 is 1.05 bits per heavy atom. The number of benzene rings is 1. The third-order valence-electron chi connectivity index (χ3n) is 8.03. The number of pyridine rings is 1. The normalized spacial score (nSPS) is 16.8. The topological polar surface area (TPSA) is 106 Å². The zero-order chi connectivity index (χ0) is 27.9. The fraction of sp³-hybridized carbons (Fsp3) is 0.355. The van der Waals surface area contributed by atoms with Crippen molar-refractivity contribution < 1.29 is 9.50 Å². The highest BCUT2D eigenvalue weighted by atomic mass is 19.1. The predicted octanol–water partition coefficient (Wildman–Crippen LogP) is 4.55. The predicted molar refractivity (Wildman–Crippen MR) is 153 cm³/mol. The van der Waals surface area contributed by atoms with E-state index in [4.69, 9.17) is 10.7 Å². The number of nitrogens with zero attached hydrogens (tertiary/aromatic N) is 6. The van der Waals surface area contributed by atoms with Crippen LogP contribution in [-0.2, 0) is 18.4 Å². The maximum atomic E-state index is 13.2. The molecule has 206 valence electrons. The number of aromatic nitrogens is 5. The second-order valence-corrected chi connectivity index (χ2v) is 11.1. The Kier molecular flexibility index (Phi) is 6.93. The highest BCUT2D eigenvalue weighted by molar-refractivity contribution is 5.84. The van der Waals surface area contributed by atoms with Gasteiger partial charge in [-0.15, -0.1) is 0 Å². The van der Waals surface area contributed by atoms with Crippen molar-refractivity contribution in [3.8, 4) is 11.1 Å². The molecule has 3 N–H and O–H groups in total. The van der Waals surface area contributed by atoms with Crippen LogP contribution in [0, 0.1) is 5.82 Å². The Hall–Kier alpha value is -3.95. The first-order chi connectivity index (χ1) is 19.3. The van der Waals surface area contributed by atoms with Crippen LogP contribution in [0.15, 0.2) is 61.1 Å². The van der Waals surface area contributed by atoms with E-state index in [2.05, 4.69) is 46.0 Å². The molecule has 3 aromatic heterocycles. The molecular weight excluding hydrogens is 505 g/mol. The van der Waals surface area contributed by atoms with Crippen LogP contribution in [0.25, 0.3) is 16.7 Å². The summed E-state index contributed by atoms with van der Waals surface area (Å²) in [7, 11) is 0. The quantitative estimate of drug-likeness (QED) is 0.355. The molecule has 0 amide bonds. The monoisotopic (exact) mass is 539 g/mol. The second kappa shape index (κ2) is 10.6. The van der Waals surface area contributed by atoms with Gasteiger partial charge in [-0.1, -0.05) is 18.2 Å². The highest BCUT2D eigenvalue weighted by Crippen LogP contribution is 2.37. The van der Waals surface area contributed by atoms with Gasteiger partial charge in [0.1, 0.15) is 11.4 Å². The summed E-state index contributed by atoms with van der Waals surface area (Å²) in [6.45, 7) is 6.52. The summed E-state index contributed by atoms with van der Waals surface area (Å²) in [6.07, 6.45) is 10.6. The number of likely N-dealkylation sites (tertiary alicyclic amines) is 1. The van der Waals surface area contributed by atoms with Gasteiger partial charge in [0.25, 0.3) is 0 Å². The number of halogens is 1. The van der Waals surface area contributed by atoms with Crippen molar-refractivity contribution >= 4 is 11.5 Å². The fourth-order valence-corrected chi connectivity index (χ4v) is 5.55. The average Bonchev–Trinajstić information content (AvgIpc) is 3.61. The summed E-state index contributed by atoms with van der Waals surface area (Å²) in [5, 5.41) is 16.1. The van der Waals surface area contributed by atoms with Gasteiger partial charge in [-0.05, 0) is 62.9 Å². The average molecular weight is 540 g/mol. The van der Waals surface area contributed by atoms with E-state index in [1.807, 2.05) is 41.5 Å². The van der Waals surface area contributed by atoms with Crippen molar-refractivity contribution in [2.75, 3.05) is 25.4 Å². The Morgan fingerprint density at radius 2 is 1.82 bits per heavy atom. The van der Waals surface area contributed by atoms with Crippen LogP contribution in [0.5, 0.6) is 0 Å². The van der Waals surface area contributed by atoms with E-state index in [9.17, 15) is 9.50 Å². The summed E-state index contributed by atoms with van der Waals surface area (Å²) >= 11 is 0. The van der Waals surface area contributed by atoms with Crippen LogP contribution >= 0.6 is 0 Å². The lowest BCUT2D eigenvalue weighted by molar-refractivity contribution is -0.0289. The Labute approximate surface area is 233 Å². The van der Waals surface area contributed by atoms with Crippen molar-refractivity contribution in [1.82, 2.24) is 29.6 Å². The molecule has 1 aliphatic carbocycles. The summed E-state index contributed by atoms with van der Waals surface area (Å²) < 4.78 is 15.1. The zero-order valence-electron chi connectivity index (χ0n) is 22.9. The molecule has 0 bridgehead atoms. The number of rotatable bonds is 7. The number of hydrogen-bond donors (Lipinski definition) is 2. The van der Waals surface area contributed by atoms with Crippen LogP contribution in [0.3, 0.4) is 0 Å². The van der Waals surface area contributed by atoms with Crippen LogP contribution < -0.4 is 5.73 Å². The molecule has 4 heterocycles. The molecule has 0 radical (unpaired) electrons. The van der Waals surface area contributed by atoms with Crippen molar-refractivity contribution in [3.63, 3.8) is 0 Å². The molecule has 4 aromatic rings. The molecule has 0 atom stereocenters. The number of piperidine rings is 1. The SMILES string of the molecule is CC(C)n1cc(-c2cnc3c(c2)C(c2cc(C4(O)CCN(CCc5ccc(F)cc5)CC4)nc(N)n2)=CC3)cn1.